The fourth-order valence-corrected chi connectivity index (χ4v) is 2.53. The van der Waals surface area contributed by atoms with Crippen molar-refractivity contribution in [1.29, 1.82) is 0 Å². The molecule has 1 heterocycles. The average molecular weight is 305 g/mol. The highest BCUT2D eigenvalue weighted by Crippen LogP contribution is 2.22. The Labute approximate surface area is 128 Å². The Bertz CT molecular complexity index is 598. The number of nitrogens with zero attached hydrogens (tertiary/aromatic N) is 1. The van der Waals surface area contributed by atoms with Crippen molar-refractivity contribution in [2.75, 3.05) is 25.5 Å². The van der Waals surface area contributed by atoms with Crippen molar-refractivity contribution in [2.45, 2.75) is 13.3 Å². The Hall–Kier alpha value is -1.92. The minimum atomic E-state index is -0.0889. The highest BCUT2D eigenvalue weighted by molar-refractivity contribution is 7.09. The maximum Gasteiger partial charge on any atom is 0.238 e. The first kappa shape index (κ1) is 15.5. The third-order valence-corrected chi connectivity index (χ3v) is 3.71. The summed E-state index contributed by atoms with van der Waals surface area (Å²) in [6.45, 7) is 2.98. The number of aromatic nitrogens is 1. The van der Waals surface area contributed by atoms with Crippen LogP contribution in [0.25, 0.3) is 0 Å². The molecule has 0 fully saturated rings. The molecule has 112 valence electrons. The predicted molar refractivity (Wildman–Crippen MR) is 85.0 cm³/mol. The molecule has 0 bridgehead atoms. The van der Waals surface area contributed by atoms with E-state index in [0.717, 1.165) is 23.7 Å². The molecule has 0 aliphatic rings. The number of nitrogens with one attached hydrogen (secondary N) is 2. The molecule has 0 saturated heterocycles. The molecule has 1 aromatic heterocycles. The standard InChI is InChI=1S/C15H19N3O2S/c1-11-17-12(10-21-11)7-8-16-9-15(19)18-13-5-3-4-6-14(13)20-2/h3-6,10,16H,7-9H2,1-2H3,(H,18,19). The minimum Gasteiger partial charge on any atom is -0.495 e. The number of carbonyl (C=O) groups is 1. The first-order valence-electron chi connectivity index (χ1n) is 6.73. The molecule has 0 spiro atoms. The number of amides is 1. The summed E-state index contributed by atoms with van der Waals surface area (Å²) < 4.78 is 5.19. The number of hydrogen-bond acceptors (Lipinski definition) is 5. The number of methoxy groups -OCH3 is 1. The van der Waals surface area contributed by atoms with E-state index in [2.05, 4.69) is 15.6 Å². The number of benzene rings is 1. The van der Waals surface area contributed by atoms with Gasteiger partial charge in [0.1, 0.15) is 5.75 Å². The number of rotatable bonds is 7. The summed E-state index contributed by atoms with van der Waals surface area (Å²) in [5.74, 6) is 0.567. The maximum atomic E-state index is 11.9. The average Bonchev–Trinajstić information content (AvgIpc) is 2.90. The number of thiazole rings is 1. The van der Waals surface area contributed by atoms with Gasteiger partial charge in [0.15, 0.2) is 0 Å². The highest BCUT2D eigenvalue weighted by atomic mass is 32.1. The zero-order valence-electron chi connectivity index (χ0n) is 12.2. The second-order valence-electron chi connectivity index (χ2n) is 4.53. The van der Waals surface area contributed by atoms with Crippen LogP contribution >= 0.6 is 11.3 Å². The Morgan fingerprint density at radius 3 is 2.90 bits per heavy atom. The first-order chi connectivity index (χ1) is 10.2. The van der Waals surface area contributed by atoms with Crippen molar-refractivity contribution in [3.05, 3.63) is 40.3 Å². The molecule has 0 atom stereocenters. The van der Waals surface area contributed by atoms with E-state index in [1.807, 2.05) is 36.6 Å². The van der Waals surface area contributed by atoms with E-state index in [4.69, 9.17) is 4.74 Å². The van der Waals surface area contributed by atoms with Crippen molar-refractivity contribution in [1.82, 2.24) is 10.3 Å². The van der Waals surface area contributed by atoms with Gasteiger partial charge in [-0.15, -0.1) is 11.3 Å². The van der Waals surface area contributed by atoms with Gasteiger partial charge in [0.05, 0.1) is 30.0 Å². The molecule has 0 radical (unpaired) electrons. The number of carbonyl (C=O) groups excluding carboxylic acids is 1. The highest BCUT2D eigenvalue weighted by Gasteiger charge is 2.06. The van der Waals surface area contributed by atoms with Gasteiger partial charge in [-0.2, -0.15) is 0 Å². The van der Waals surface area contributed by atoms with Crippen LogP contribution in [-0.4, -0.2) is 31.1 Å². The number of aryl methyl sites for hydroxylation is 1. The van der Waals surface area contributed by atoms with Gasteiger partial charge in [-0.05, 0) is 19.1 Å². The molecule has 1 aromatic carbocycles. The molecule has 2 N–H and O–H groups in total. The van der Waals surface area contributed by atoms with Gasteiger partial charge in [-0.3, -0.25) is 4.79 Å². The summed E-state index contributed by atoms with van der Waals surface area (Å²) in [5, 5.41) is 9.05. The lowest BCUT2D eigenvalue weighted by Crippen LogP contribution is -2.29. The second-order valence-corrected chi connectivity index (χ2v) is 5.60. The van der Waals surface area contributed by atoms with Gasteiger partial charge < -0.3 is 15.4 Å². The molecule has 21 heavy (non-hydrogen) atoms. The smallest absolute Gasteiger partial charge is 0.238 e. The van der Waals surface area contributed by atoms with Gasteiger partial charge >= 0.3 is 0 Å². The number of para-hydroxylation sites is 2. The lowest BCUT2D eigenvalue weighted by Gasteiger charge is -2.10. The second kappa shape index (κ2) is 7.75. The van der Waals surface area contributed by atoms with Crippen molar-refractivity contribution >= 4 is 22.9 Å². The Morgan fingerprint density at radius 1 is 1.38 bits per heavy atom. The normalized spacial score (nSPS) is 10.4. The summed E-state index contributed by atoms with van der Waals surface area (Å²) in [4.78, 5) is 16.2. The third kappa shape index (κ3) is 4.84. The van der Waals surface area contributed by atoms with Crippen molar-refractivity contribution < 1.29 is 9.53 Å². The van der Waals surface area contributed by atoms with E-state index >= 15 is 0 Å². The SMILES string of the molecule is COc1ccccc1NC(=O)CNCCc1csc(C)n1. The lowest BCUT2D eigenvalue weighted by molar-refractivity contribution is -0.115. The van der Waals surface area contributed by atoms with Crippen LogP contribution in [0, 0.1) is 6.92 Å². The molecule has 5 nitrogen and oxygen atoms in total. The number of anilines is 1. The van der Waals surface area contributed by atoms with E-state index in [1.165, 1.54) is 0 Å². The summed E-state index contributed by atoms with van der Waals surface area (Å²) in [5.41, 5.74) is 1.75. The number of ether oxygens (including phenoxy) is 1. The van der Waals surface area contributed by atoms with Gasteiger partial charge in [0.25, 0.3) is 0 Å². The molecule has 0 saturated carbocycles. The molecule has 0 aliphatic heterocycles. The topological polar surface area (TPSA) is 63.2 Å². The molecule has 2 rings (SSSR count). The zero-order valence-corrected chi connectivity index (χ0v) is 13.0. The summed E-state index contributed by atoms with van der Waals surface area (Å²) in [7, 11) is 1.58. The van der Waals surface area contributed by atoms with E-state index in [-0.39, 0.29) is 12.5 Å². The quantitative estimate of drug-likeness (QED) is 0.770. The van der Waals surface area contributed by atoms with Gasteiger partial charge in [-0.1, -0.05) is 12.1 Å². The number of hydrogen-bond donors (Lipinski definition) is 2. The van der Waals surface area contributed by atoms with Gasteiger partial charge in [0, 0.05) is 18.3 Å². The fraction of sp³-hybridized carbons (Fsp3) is 0.333. The van der Waals surface area contributed by atoms with E-state index in [0.29, 0.717) is 11.4 Å². The monoisotopic (exact) mass is 305 g/mol. The molecule has 2 aromatic rings. The summed E-state index contributed by atoms with van der Waals surface area (Å²) in [6, 6.07) is 7.35. The minimum absolute atomic E-state index is 0.0889. The molecule has 6 heteroatoms. The van der Waals surface area contributed by atoms with Crippen LogP contribution in [0.1, 0.15) is 10.7 Å². The van der Waals surface area contributed by atoms with E-state index in [1.54, 1.807) is 18.4 Å². The Morgan fingerprint density at radius 2 is 2.19 bits per heavy atom. The fourth-order valence-electron chi connectivity index (χ4n) is 1.88. The van der Waals surface area contributed by atoms with Crippen LogP contribution < -0.4 is 15.4 Å². The first-order valence-corrected chi connectivity index (χ1v) is 7.61. The lowest BCUT2D eigenvalue weighted by atomic mass is 10.3. The van der Waals surface area contributed by atoms with Gasteiger partial charge in [-0.25, -0.2) is 4.98 Å². The molecule has 0 unspecified atom stereocenters. The zero-order chi connectivity index (χ0) is 15.1. The van der Waals surface area contributed by atoms with Crippen molar-refractivity contribution in [2.24, 2.45) is 0 Å². The van der Waals surface area contributed by atoms with Crippen LogP contribution in [0.5, 0.6) is 5.75 Å². The van der Waals surface area contributed by atoms with Crippen molar-refractivity contribution in [3.63, 3.8) is 0 Å². The van der Waals surface area contributed by atoms with Crippen LogP contribution in [0.4, 0.5) is 5.69 Å². The van der Waals surface area contributed by atoms with Crippen LogP contribution in [0.2, 0.25) is 0 Å². The van der Waals surface area contributed by atoms with E-state index in [9.17, 15) is 4.79 Å². The molecule has 0 aliphatic carbocycles. The van der Waals surface area contributed by atoms with Crippen molar-refractivity contribution in [3.8, 4) is 5.75 Å². The Balaban J connectivity index is 1.72. The molecule has 1 amide bonds. The summed E-state index contributed by atoms with van der Waals surface area (Å²) >= 11 is 1.64. The molecular formula is C15H19N3O2S. The largest absolute Gasteiger partial charge is 0.495 e. The van der Waals surface area contributed by atoms with Crippen LogP contribution in [0.15, 0.2) is 29.6 Å². The predicted octanol–water partition coefficient (Wildman–Crippen LogP) is 2.23. The maximum absolute atomic E-state index is 11.9. The molecular weight excluding hydrogens is 286 g/mol. The van der Waals surface area contributed by atoms with Gasteiger partial charge in [0.2, 0.25) is 5.91 Å². The third-order valence-electron chi connectivity index (χ3n) is 2.89. The van der Waals surface area contributed by atoms with E-state index < -0.39 is 0 Å². The van der Waals surface area contributed by atoms with Crippen LogP contribution in [0.3, 0.4) is 0 Å². The Kier molecular flexibility index (Phi) is 5.71. The summed E-state index contributed by atoms with van der Waals surface area (Å²) in [6.07, 6.45) is 0.826. The van der Waals surface area contributed by atoms with Crippen LogP contribution in [-0.2, 0) is 11.2 Å².